The smallest absolute Gasteiger partial charge is 0.303 e. The molecule has 1 aromatic carbocycles. The number of nitrogens with zero attached hydrogens (tertiary/aromatic N) is 1. The number of fused-ring (bicyclic) bond motifs is 1. The molecular formula is C17H22BrNO3. The second-order valence-corrected chi connectivity index (χ2v) is 7.15. The van der Waals surface area contributed by atoms with E-state index in [-0.39, 0.29) is 12.3 Å². The predicted octanol–water partition coefficient (Wildman–Crippen LogP) is 4.02. The first kappa shape index (κ1) is 17.2. The third kappa shape index (κ3) is 3.76. The molecule has 5 heteroatoms. The molecule has 3 atom stereocenters. The van der Waals surface area contributed by atoms with E-state index in [0.29, 0.717) is 16.8 Å². The van der Waals surface area contributed by atoms with E-state index in [2.05, 4.69) is 27.8 Å². The molecule has 0 aromatic heterocycles. The highest BCUT2D eigenvalue weighted by atomic mass is 79.9. The Hall–Kier alpha value is -1.20. The van der Waals surface area contributed by atoms with Crippen molar-refractivity contribution in [3.8, 4) is 0 Å². The number of rotatable bonds is 8. The number of aliphatic imine (C=N–C) groups is 1. The summed E-state index contributed by atoms with van der Waals surface area (Å²) in [5, 5.41) is 20.3. The molecule has 1 heterocycles. The average Bonchev–Trinajstić information content (AvgIpc) is 2.83. The van der Waals surface area contributed by atoms with Gasteiger partial charge in [-0.15, -0.1) is 0 Å². The lowest BCUT2D eigenvalue weighted by Gasteiger charge is -2.31. The summed E-state index contributed by atoms with van der Waals surface area (Å²) in [4.78, 5) is 15.8. The van der Waals surface area contributed by atoms with Crippen LogP contribution in [0.15, 0.2) is 29.3 Å². The van der Waals surface area contributed by atoms with Crippen molar-refractivity contribution < 1.29 is 15.0 Å². The lowest BCUT2D eigenvalue weighted by Crippen LogP contribution is -2.36. The van der Waals surface area contributed by atoms with Crippen LogP contribution in [0.4, 0.5) is 5.69 Å². The van der Waals surface area contributed by atoms with Gasteiger partial charge < -0.3 is 10.2 Å². The fraction of sp³-hybridized carbons (Fsp3) is 0.529. The van der Waals surface area contributed by atoms with Gasteiger partial charge in [-0.25, -0.2) is 0 Å². The van der Waals surface area contributed by atoms with E-state index in [1.807, 2.05) is 24.3 Å². The quantitative estimate of drug-likeness (QED) is 0.681. The van der Waals surface area contributed by atoms with E-state index in [1.54, 1.807) is 0 Å². The van der Waals surface area contributed by atoms with E-state index < -0.39 is 11.6 Å². The first-order chi connectivity index (χ1) is 10.5. The lowest BCUT2D eigenvalue weighted by atomic mass is 9.78. The molecule has 2 N–H and O–H groups in total. The Morgan fingerprint density at radius 2 is 2.05 bits per heavy atom. The van der Waals surface area contributed by atoms with Crippen molar-refractivity contribution in [1.82, 2.24) is 0 Å². The van der Waals surface area contributed by atoms with E-state index in [0.717, 1.165) is 24.9 Å². The number of aliphatic hydroxyl groups is 1. The fourth-order valence-electron chi connectivity index (χ4n) is 3.02. The molecule has 0 bridgehead atoms. The fourth-order valence-corrected chi connectivity index (χ4v) is 3.74. The first-order valence-electron chi connectivity index (χ1n) is 7.70. The van der Waals surface area contributed by atoms with Gasteiger partial charge in [-0.2, -0.15) is 0 Å². The number of benzene rings is 1. The summed E-state index contributed by atoms with van der Waals surface area (Å²) in [6.07, 6.45) is 5.04. The minimum atomic E-state index is -1.28. The van der Waals surface area contributed by atoms with Crippen LogP contribution in [0.1, 0.15) is 44.6 Å². The summed E-state index contributed by atoms with van der Waals surface area (Å²) in [5.41, 5.74) is 0.153. The van der Waals surface area contributed by atoms with Crippen LogP contribution in [0.25, 0.3) is 0 Å². The summed E-state index contributed by atoms with van der Waals surface area (Å²) in [6.45, 7) is 2.12. The van der Waals surface area contributed by atoms with Gasteiger partial charge in [-0.1, -0.05) is 47.5 Å². The minimum Gasteiger partial charge on any atom is -0.481 e. The SMILES string of the molecule is CCCC(Br)CCC(CC(=O)O)C1(O)C=Nc2ccccc21. The van der Waals surface area contributed by atoms with Crippen molar-refractivity contribution in [2.45, 2.75) is 49.5 Å². The van der Waals surface area contributed by atoms with E-state index in [1.165, 1.54) is 6.21 Å². The molecule has 0 radical (unpaired) electrons. The Morgan fingerprint density at radius 1 is 1.32 bits per heavy atom. The van der Waals surface area contributed by atoms with Crippen LogP contribution < -0.4 is 0 Å². The van der Waals surface area contributed by atoms with Crippen LogP contribution in [0.5, 0.6) is 0 Å². The van der Waals surface area contributed by atoms with Crippen LogP contribution in [0.2, 0.25) is 0 Å². The molecule has 0 fully saturated rings. The predicted molar refractivity (Wildman–Crippen MR) is 91.1 cm³/mol. The molecule has 22 heavy (non-hydrogen) atoms. The molecule has 2 rings (SSSR count). The lowest BCUT2D eigenvalue weighted by molar-refractivity contribution is -0.140. The van der Waals surface area contributed by atoms with Crippen molar-refractivity contribution in [2.24, 2.45) is 10.9 Å². The number of aliphatic carboxylic acids is 1. The normalized spacial score (nSPS) is 22.3. The summed E-state index contributed by atoms with van der Waals surface area (Å²) in [5.74, 6) is -1.27. The van der Waals surface area contributed by atoms with Gasteiger partial charge in [0, 0.05) is 22.5 Å². The largest absolute Gasteiger partial charge is 0.481 e. The van der Waals surface area contributed by atoms with Gasteiger partial charge in [0.25, 0.3) is 0 Å². The highest BCUT2D eigenvalue weighted by molar-refractivity contribution is 9.09. The van der Waals surface area contributed by atoms with E-state index in [4.69, 9.17) is 0 Å². The molecule has 120 valence electrons. The Labute approximate surface area is 139 Å². The van der Waals surface area contributed by atoms with Gasteiger partial charge in [-0.3, -0.25) is 9.79 Å². The number of hydrogen-bond acceptors (Lipinski definition) is 3. The maximum atomic E-state index is 11.2. The van der Waals surface area contributed by atoms with Crippen molar-refractivity contribution in [3.05, 3.63) is 29.8 Å². The van der Waals surface area contributed by atoms with Gasteiger partial charge in [0.05, 0.1) is 12.1 Å². The van der Waals surface area contributed by atoms with Gasteiger partial charge in [0.2, 0.25) is 0 Å². The standard InChI is InChI=1S/C17H22BrNO3/c1-2-5-13(18)9-8-12(10-16(20)21)17(22)11-19-15-7-4-3-6-14(15)17/h3-4,6-7,11-13,22H,2,5,8-10H2,1H3,(H,20,21). The Morgan fingerprint density at radius 3 is 2.73 bits per heavy atom. The van der Waals surface area contributed by atoms with Gasteiger partial charge in [0.1, 0.15) is 5.60 Å². The van der Waals surface area contributed by atoms with Crippen molar-refractivity contribution in [1.29, 1.82) is 0 Å². The van der Waals surface area contributed by atoms with Crippen LogP contribution in [-0.4, -0.2) is 27.2 Å². The van der Waals surface area contributed by atoms with Gasteiger partial charge in [0.15, 0.2) is 0 Å². The number of carboxylic acid groups (broad SMARTS) is 1. The maximum absolute atomic E-state index is 11.2. The van der Waals surface area contributed by atoms with Crippen molar-refractivity contribution in [2.75, 3.05) is 0 Å². The third-order valence-corrected chi connectivity index (χ3v) is 5.13. The summed E-state index contributed by atoms with van der Waals surface area (Å²) < 4.78 is 0. The zero-order valence-corrected chi connectivity index (χ0v) is 14.3. The highest BCUT2D eigenvalue weighted by Crippen LogP contribution is 2.43. The summed E-state index contributed by atoms with van der Waals surface area (Å²) >= 11 is 3.63. The Kier molecular flexibility index (Phi) is 5.75. The molecule has 0 spiro atoms. The number of carboxylic acids is 1. The van der Waals surface area contributed by atoms with E-state index >= 15 is 0 Å². The van der Waals surface area contributed by atoms with Crippen LogP contribution in [0.3, 0.4) is 0 Å². The third-order valence-electron chi connectivity index (χ3n) is 4.21. The first-order valence-corrected chi connectivity index (χ1v) is 8.62. The highest BCUT2D eigenvalue weighted by Gasteiger charge is 2.42. The molecule has 1 aromatic rings. The molecular weight excluding hydrogens is 346 g/mol. The number of hydrogen-bond donors (Lipinski definition) is 2. The maximum Gasteiger partial charge on any atom is 0.303 e. The molecule has 4 nitrogen and oxygen atoms in total. The van der Waals surface area contributed by atoms with Gasteiger partial charge in [-0.05, 0) is 25.3 Å². The number of alkyl halides is 1. The van der Waals surface area contributed by atoms with Crippen LogP contribution >= 0.6 is 15.9 Å². The Bertz CT molecular complexity index is 561. The van der Waals surface area contributed by atoms with Crippen molar-refractivity contribution in [3.63, 3.8) is 0 Å². The van der Waals surface area contributed by atoms with Crippen LogP contribution in [-0.2, 0) is 10.4 Å². The molecule has 0 amide bonds. The zero-order chi connectivity index (χ0) is 16.2. The molecule has 1 aliphatic heterocycles. The van der Waals surface area contributed by atoms with Gasteiger partial charge >= 0.3 is 5.97 Å². The van der Waals surface area contributed by atoms with Crippen LogP contribution in [0, 0.1) is 5.92 Å². The molecule has 3 unspecified atom stereocenters. The minimum absolute atomic E-state index is 0.0668. The second kappa shape index (κ2) is 7.38. The summed E-state index contributed by atoms with van der Waals surface area (Å²) in [7, 11) is 0. The number of carbonyl (C=O) groups is 1. The number of para-hydroxylation sites is 1. The Balaban J connectivity index is 2.19. The average molecular weight is 368 g/mol. The molecule has 0 saturated heterocycles. The second-order valence-electron chi connectivity index (χ2n) is 5.86. The number of halogens is 1. The topological polar surface area (TPSA) is 69.9 Å². The van der Waals surface area contributed by atoms with Crippen molar-refractivity contribution >= 4 is 33.8 Å². The molecule has 1 aliphatic rings. The van der Waals surface area contributed by atoms with E-state index in [9.17, 15) is 15.0 Å². The zero-order valence-electron chi connectivity index (χ0n) is 12.7. The monoisotopic (exact) mass is 367 g/mol. The molecule has 0 aliphatic carbocycles. The molecule has 0 saturated carbocycles. The summed E-state index contributed by atoms with van der Waals surface area (Å²) in [6, 6.07) is 7.38.